The summed E-state index contributed by atoms with van der Waals surface area (Å²) in [7, 11) is -3.45. The number of hydrogen-bond donors (Lipinski definition) is 1. The number of nitrogens with zero attached hydrogens (tertiary/aromatic N) is 1. The normalized spacial score (nSPS) is 15.0. The van der Waals surface area contributed by atoms with Crippen molar-refractivity contribution in [2.75, 3.05) is 25.9 Å². The summed E-state index contributed by atoms with van der Waals surface area (Å²) < 4.78 is 25.2. The van der Waals surface area contributed by atoms with Gasteiger partial charge in [-0.2, -0.15) is 4.31 Å². The number of benzene rings is 1. The van der Waals surface area contributed by atoms with E-state index in [0.717, 1.165) is 31.1 Å². The molecule has 5 nitrogen and oxygen atoms in total. The first-order chi connectivity index (χ1) is 12.3. The first-order valence-electron chi connectivity index (χ1n) is 8.99. The molecule has 26 heavy (non-hydrogen) atoms. The Bertz CT molecular complexity index is 730. The molecule has 0 saturated carbocycles. The van der Waals surface area contributed by atoms with Crippen molar-refractivity contribution < 1.29 is 13.2 Å². The van der Waals surface area contributed by atoms with Crippen molar-refractivity contribution in [1.82, 2.24) is 9.62 Å². The number of amides is 1. The lowest BCUT2D eigenvalue weighted by Crippen LogP contribution is -2.41. The lowest BCUT2D eigenvalue weighted by molar-refractivity contribution is -0.121. The van der Waals surface area contributed by atoms with E-state index in [1.165, 1.54) is 22.7 Å². The summed E-state index contributed by atoms with van der Waals surface area (Å²) >= 11 is 5.86. The molecule has 1 aromatic rings. The van der Waals surface area contributed by atoms with Crippen LogP contribution < -0.4 is 5.32 Å². The SMILES string of the molecule is CS(=O)(=O)N(CCc1ccc(Cl)cc1)CC(=O)NCCC1=CCCCC1. The van der Waals surface area contributed by atoms with Crippen LogP contribution in [-0.2, 0) is 21.2 Å². The largest absolute Gasteiger partial charge is 0.355 e. The number of carbonyl (C=O) groups excluding carboxylic acids is 1. The maximum Gasteiger partial charge on any atom is 0.235 e. The molecule has 2 rings (SSSR count). The summed E-state index contributed by atoms with van der Waals surface area (Å²) in [4.78, 5) is 12.1. The van der Waals surface area contributed by atoms with Gasteiger partial charge in [-0.1, -0.05) is 35.4 Å². The van der Waals surface area contributed by atoms with E-state index in [4.69, 9.17) is 11.6 Å². The van der Waals surface area contributed by atoms with Crippen LogP contribution in [0.4, 0.5) is 0 Å². The molecule has 0 atom stereocenters. The Balaban J connectivity index is 1.81. The van der Waals surface area contributed by atoms with Crippen LogP contribution in [0.3, 0.4) is 0 Å². The Hall–Kier alpha value is -1.37. The van der Waals surface area contributed by atoms with Crippen LogP contribution >= 0.6 is 11.6 Å². The Morgan fingerprint density at radius 3 is 2.54 bits per heavy atom. The summed E-state index contributed by atoms with van der Waals surface area (Å²) in [5, 5.41) is 3.47. The maximum atomic E-state index is 12.1. The summed E-state index contributed by atoms with van der Waals surface area (Å²) in [5.74, 6) is -0.261. The molecule has 1 aliphatic carbocycles. The van der Waals surface area contributed by atoms with E-state index in [2.05, 4.69) is 11.4 Å². The number of nitrogens with one attached hydrogen (secondary N) is 1. The minimum atomic E-state index is -3.45. The van der Waals surface area contributed by atoms with Gasteiger partial charge in [-0.3, -0.25) is 4.79 Å². The van der Waals surface area contributed by atoms with E-state index in [0.29, 0.717) is 18.0 Å². The second-order valence-corrected chi connectivity index (χ2v) is 9.10. The molecule has 0 radical (unpaired) electrons. The molecule has 0 spiro atoms. The number of halogens is 1. The molecule has 1 aliphatic rings. The second-order valence-electron chi connectivity index (χ2n) is 6.68. The smallest absolute Gasteiger partial charge is 0.235 e. The van der Waals surface area contributed by atoms with Crippen LogP contribution in [0.5, 0.6) is 0 Å². The van der Waals surface area contributed by atoms with Gasteiger partial charge in [0.25, 0.3) is 0 Å². The molecule has 0 bridgehead atoms. The predicted octanol–water partition coefficient (Wildman–Crippen LogP) is 3.15. The average molecular weight is 399 g/mol. The Morgan fingerprint density at radius 1 is 1.19 bits per heavy atom. The summed E-state index contributed by atoms with van der Waals surface area (Å²) in [6.45, 7) is 0.671. The van der Waals surface area contributed by atoms with Crippen LogP contribution in [0.25, 0.3) is 0 Å². The van der Waals surface area contributed by atoms with Crippen LogP contribution in [0.1, 0.15) is 37.7 Å². The number of allylic oxidation sites excluding steroid dienone is 1. The zero-order chi connectivity index (χ0) is 19.0. The van der Waals surface area contributed by atoms with Gasteiger partial charge in [-0.25, -0.2) is 8.42 Å². The highest BCUT2D eigenvalue weighted by Crippen LogP contribution is 2.19. The van der Waals surface area contributed by atoms with Crippen molar-refractivity contribution >= 4 is 27.5 Å². The molecule has 1 aromatic carbocycles. The number of carbonyl (C=O) groups is 1. The van der Waals surface area contributed by atoms with Gasteiger partial charge in [0.15, 0.2) is 0 Å². The highest BCUT2D eigenvalue weighted by Gasteiger charge is 2.19. The fourth-order valence-electron chi connectivity index (χ4n) is 2.98. The van der Waals surface area contributed by atoms with Crippen LogP contribution in [0.2, 0.25) is 5.02 Å². The van der Waals surface area contributed by atoms with E-state index in [1.54, 1.807) is 12.1 Å². The molecule has 0 saturated heterocycles. The van der Waals surface area contributed by atoms with Crippen molar-refractivity contribution in [1.29, 1.82) is 0 Å². The van der Waals surface area contributed by atoms with Gasteiger partial charge in [-0.05, 0) is 56.2 Å². The molecule has 1 amide bonds. The molecule has 7 heteroatoms. The second kappa shape index (κ2) is 10.1. The highest BCUT2D eigenvalue weighted by atomic mass is 35.5. The topological polar surface area (TPSA) is 66.5 Å². The van der Waals surface area contributed by atoms with E-state index >= 15 is 0 Å². The molecule has 0 aliphatic heterocycles. The van der Waals surface area contributed by atoms with Gasteiger partial charge in [0.2, 0.25) is 15.9 Å². The summed E-state index contributed by atoms with van der Waals surface area (Å²) in [5.41, 5.74) is 2.37. The fourth-order valence-corrected chi connectivity index (χ4v) is 3.88. The Kier molecular flexibility index (Phi) is 8.13. The van der Waals surface area contributed by atoms with E-state index in [9.17, 15) is 13.2 Å². The summed E-state index contributed by atoms with van der Waals surface area (Å²) in [6, 6.07) is 7.27. The quantitative estimate of drug-likeness (QED) is 0.650. The molecule has 144 valence electrons. The van der Waals surface area contributed by atoms with Crippen molar-refractivity contribution in [2.45, 2.75) is 38.5 Å². The Morgan fingerprint density at radius 2 is 1.92 bits per heavy atom. The minimum absolute atomic E-state index is 0.147. The predicted molar refractivity (Wildman–Crippen MR) is 106 cm³/mol. The van der Waals surface area contributed by atoms with Crippen molar-refractivity contribution in [3.8, 4) is 0 Å². The molecule has 0 heterocycles. The molecule has 0 fully saturated rings. The van der Waals surface area contributed by atoms with Crippen molar-refractivity contribution in [3.05, 3.63) is 46.5 Å². The zero-order valence-electron chi connectivity index (χ0n) is 15.2. The number of sulfonamides is 1. The fraction of sp³-hybridized carbons (Fsp3) is 0.526. The molecule has 0 unspecified atom stereocenters. The molecular formula is C19H27ClN2O3S. The van der Waals surface area contributed by atoms with E-state index in [1.807, 2.05) is 12.1 Å². The van der Waals surface area contributed by atoms with Crippen LogP contribution in [0, 0.1) is 0 Å². The van der Waals surface area contributed by atoms with Crippen LogP contribution in [0.15, 0.2) is 35.9 Å². The lowest BCUT2D eigenvalue weighted by Gasteiger charge is -2.20. The van der Waals surface area contributed by atoms with E-state index < -0.39 is 10.0 Å². The van der Waals surface area contributed by atoms with E-state index in [-0.39, 0.29) is 19.0 Å². The first kappa shape index (κ1) is 20.9. The zero-order valence-corrected chi connectivity index (χ0v) is 16.8. The van der Waals surface area contributed by atoms with Crippen LogP contribution in [-0.4, -0.2) is 44.5 Å². The number of rotatable bonds is 9. The van der Waals surface area contributed by atoms with Crippen molar-refractivity contribution in [3.63, 3.8) is 0 Å². The molecule has 0 aromatic heterocycles. The standard InChI is InChI=1S/C19H27ClN2O3S/c1-26(24,25)22(14-12-17-7-9-18(20)10-8-17)15-19(23)21-13-11-16-5-3-2-4-6-16/h5,7-10H,2-4,6,11-15H2,1H3,(H,21,23). The lowest BCUT2D eigenvalue weighted by atomic mass is 9.97. The maximum absolute atomic E-state index is 12.1. The monoisotopic (exact) mass is 398 g/mol. The third-order valence-electron chi connectivity index (χ3n) is 4.51. The minimum Gasteiger partial charge on any atom is -0.355 e. The molecular weight excluding hydrogens is 372 g/mol. The van der Waals surface area contributed by atoms with Gasteiger partial charge >= 0.3 is 0 Å². The van der Waals surface area contributed by atoms with Gasteiger partial charge in [-0.15, -0.1) is 0 Å². The highest BCUT2D eigenvalue weighted by molar-refractivity contribution is 7.88. The molecule has 1 N–H and O–H groups in total. The van der Waals surface area contributed by atoms with Crippen molar-refractivity contribution in [2.24, 2.45) is 0 Å². The first-order valence-corrected chi connectivity index (χ1v) is 11.2. The van der Waals surface area contributed by atoms with Gasteiger partial charge in [0.05, 0.1) is 12.8 Å². The van der Waals surface area contributed by atoms with Gasteiger partial charge in [0, 0.05) is 18.1 Å². The number of hydrogen-bond acceptors (Lipinski definition) is 3. The average Bonchev–Trinajstić information content (AvgIpc) is 2.60. The third-order valence-corrected chi connectivity index (χ3v) is 6.01. The van der Waals surface area contributed by atoms with Gasteiger partial charge in [0.1, 0.15) is 0 Å². The van der Waals surface area contributed by atoms with Gasteiger partial charge < -0.3 is 5.32 Å². The Labute approximate surface area is 161 Å². The third kappa shape index (κ3) is 7.48. The summed E-state index contributed by atoms with van der Waals surface area (Å²) in [6.07, 6.45) is 9.45.